The standard InChI is InChI=1S/C12H10ClNO2S/c1-2-8-3-5-9(6-4-8)14-11(13)10(7-15)17-12(14)16/h3-7H,2H2,1H3. The number of aromatic nitrogens is 1. The summed E-state index contributed by atoms with van der Waals surface area (Å²) in [6.45, 7) is 2.06. The molecule has 0 saturated heterocycles. The van der Waals surface area contributed by atoms with Crippen LogP contribution in [0.15, 0.2) is 29.1 Å². The third-order valence-corrected chi connectivity index (χ3v) is 3.84. The summed E-state index contributed by atoms with van der Waals surface area (Å²) in [4.78, 5) is 22.4. The van der Waals surface area contributed by atoms with Crippen molar-refractivity contribution >= 4 is 29.2 Å². The summed E-state index contributed by atoms with van der Waals surface area (Å²) in [7, 11) is 0. The Hall–Kier alpha value is -1.39. The lowest BCUT2D eigenvalue weighted by atomic mass is 10.1. The van der Waals surface area contributed by atoms with Gasteiger partial charge in [0.2, 0.25) is 0 Å². The van der Waals surface area contributed by atoms with E-state index in [2.05, 4.69) is 6.92 Å². The fraction of sp³-hybridized carbons (Fsp3) is 0.167. The highest BCUT2D eigenvalue weighted by molar-refractivity contribution is 7.11. The number of carbonyl (C=O) groups excluding carboxylic acids is 1. The van der Waals surface area contributed by atoms with Gasteiger partial charge >= 0.3 is 4.87 Å². The van der Waals surface area contributed by atoms with Crippen LogP contribution in [0.2, 0.25) is 5.15 Å². The van der Waals surface area contributed by atoms with Gasteiger partial charge in [0, 0.05) is 0 Å². The van der Waals surface area contributed by atoms with Gasteiger partial charge in [0.1, 0.15) is 10.0 Å². The van der Waals surface area contributed by atoms with E-state index in [-0.39, 0.29) is 14.9 Å². The van der Waals surface area contributed by atoms with E-state index in [9.17, 15) is 9.59 Å². The predicted molar refractivity (Wildman–Crippen MR) is 69.7 cm³/mol. The number of thiazole rings is 1. The normalized spacial score (nSPS) is 10.5. The first kappa shape index (κ1) is 12.1. The summed E-state index contributed by atoms with van der Waals surface area (Å²) in [5.74, 6) is 0. The topological polar surface area (TPSA) is 39.1 Å². The molecule has 2 aromatic rings. The Morgan fingerprint density at radius 3 is 2.47 bits per heavy atom. The molecule has 0 spiro atoms. The van der Waals surface area contributed by atoms with Crippen molar-refractivity contribution in [1.29, 1.82) is 0 Å². The molecule has 0 unspecified atom stereocenters. The zero-order valence-electron chi connectivity index (χ0n) is 9.14. The molecule has 0 saturated carbocycles. The van der Waals surface area contributed by atoms with Gasteiger partial charge in [-0.3, -0.25) is 14.2 Å². The lowest BCUT2D eigenvalue weighted by molar-refractivity contribution is 0.112. The summed E-state index contributed by atoms with van der Waals surface area (Å²) in [6, 6.07) is 7.54. The van der Waals surface area contributed by atoms with Crippen LogP contribution in [0.1, 0.15) is 22.2 Å². The molecule has 0 aliphatic carbocycles. The van der Waals surface area contributed by atoms with E-state index in [4.69, 9.17) is 11.6 Å². The second-order valence-corrected chi connectivity index (χ2v) is 4.85. The number of nitrogens with zero attached hydrogens (tertiary/aromatic N) is 1. The Labute approximate surface area is 107 Å². The Morgan fingerprint density at radius 1 is 1.35 bits per heavy atom. The molecule has 0 atom stereocenters. The summed E-state index contributed by atoms with van der Waals surface area (Å²) in [5, 5.41) is 0.180. The van der Waals surface area contributed by atoms with Crippen molar-refractivity contribution in [2.45, 2.75) is 13.3 Å². The molecule has 3 nitrogen and oxygen atoms in total. The smallest absolute Gasteiger partial charge is 0.297 e. The zero-order chi connectivity index (χ0) is 12.4. The molecular formula is C12H10ClNO2S. The first-order valence-corrected chi connectivity index (χ1v) is 6.32. The van der Waals surface area contributed by atoms with Gasteiger partial charge in [0.25, 0.3) is 0 Å². The molecule has 88 valence electrons. The SMILES string of the molecule is CCc1ccc(-n2c(Cl)c(C=O)sc2=O)cc1. The van der Waals surface area contributed by atoms with Crippen molar-refractivity contribution < 1.29 is 4.79 Å². The van der Waals surface area contributed by atoms with Crippen molar-refractivity contribution in [2.24, 2.45) is 0 Å². The Balaban J connectivity index is 2.56. The molecule has 0 bridgehead atoms. The third-order valence-electron chi connectivity index (χ3n) is 2.49. The fourth-order valence-electron chi connectivity index (χ4n) is 1.54. The van der Waals surface area contributed by atoms with Crippen molar-refractivity contribution in [3.05, 3.63) is 49.5 Å². The Bertz CT molecular complexity index is 598. The fourth-order valence-corrected chi connectivity index (χ4v) is 2.63. The van der Waals surface area contributed by atoms with Crippen LogP contribution in [0.5, 0.6) is 0 Å². The number of halogens is 1. The number of carbonyl (C=O) groups is 1. The van der Waals surface area contributed by atoms with Gasteiger partial charge in [-0.05, 0) is 24.1 Å². The van der Waals surface area contributed by atoms with E-state index in [1.807, 2.05) is 24.3 Å². The first-order chi connectivity index (χ1) is 8.17. The minimum atomic E-state index is -0.249. The van der Waals surface area contributed by atoms with Crippen LogP contribution < -0.4 is 4.87 Å². The van der Waals surface area contributed by atoms with Gasteiger partial charge in [0.05, 0.1) is 5.69 Å². The maximum atomic E-state index is 11.7. The van der Waals surface area contributed by atoms with E-state index in [0.29, 0.717) is 12.0 Å². The number of hydrogen-bond acceptors (Lipinski definition) is 3. The molecule has 1 aromatic heterocycles. The zero-order valence-corrected chi connectivity index (χ0v) is 10.7. The lowest BCUT2D eigenvalue weighted by Crippen LogP contribution is -2.10. The molecule has 0 fully saturated rings. The summed E-state index contributed by atoms with van der Waals surface area (Å²) >= 11 is 6.83. The van der Waals surface area contributed by atoms with Crippen LogP contribution in [0.3, 0.4) is 0 Å². The molecule has 17 heavy (non-hydrogen) atoms. The summed E-state index contributed by atoms with van der Waals surface area (Å²) < 4.78 is 1.34. The molecule has 0 aliphatic heterocycles. The Morgan fingerprint density at radius 2 is 2.00 bits per heavy atom. The quantitative estimate of drug-likeness (QED) is 0.802. The largest absolute Gasteiger partial charge is 0.313 e. The van der Waals surface area contributed by atoms with Crippen LogP contribution in [-0.2, 0) is 6.42 Å². The molecule has 1 aromatic carbocycles. The average Bonchev–Trinajstić information content (AvgIpc) is 2.64. The van der Waals surface area contributed by atoms with Gasteiger partial charge in [0.15, 0.2) is 6.29 Å². The maximum Gasteiger partial charge on any atom is 0.313 e. The molecule has 0 radical (unpaired) electrons. The number of aryl methyl sites for hydroxylation is 1. The highest BCUT2D eigenvalue weighted by Gasteiger charge is 2.13. The average molecular weight is 268 g/mol. The van der Waals surface area contributed by atoms with E-state index in [1.54, 1.807) is 0 Å². The van der Waals surface area contributed by atoms with Crippen molar-refractivity contribution in [2.75, 3.05) is 0 Å². The third kappa shape index (κ3) is 2.18. The minimum Gasteiger partial charge on any atom is -0.297 e. The Kier molecular flexibility index (Phi) is 3.45. The maximum absolute atomic E-state index is 11.7. The molecule has 0 aliphatic rings. The van der Waals surface area contributed by atoms with Crippen molar-refractivity contribution in [3.8, 4) is 5.69 Å². The molecule has 0 N–H and O–H groups in total. The van der Waals surface area contributed by atoms with E-state index < -0.39 is 0 Å². The predicted octanol–water partition coefficient (Wildman–Crippen LogP) is 2.93. The molecule has 5 heteroatoms. The van der Waals surface area contributed by atoms with Crippen LogP contribution in [-0.4, -0.2) is 10.9 Å². The van der Waals surface area contributed by atoms with E-state index in [1.165, 1.54) is 10.1 Å². The first-order valence-electron chi connectivity index (χ1n) is 5.13. The second kappa shape index (κ2) is 4.85. The van der Waals surface area contributed by atoms with Gasteiger partial charge < -0.3 is 0 Å². The van der Waals surface area contributed by atoms with E-state index in [0.717, 1.165) is 17.8 Å². The molecule has 2 rings (SSSR count). The molecular weight excluding hydrogens is 258 g/mol. The van der Waals surface area contributed by atoms with Crippen LogP contribution in [0, 0.1) is 0 Å². The van der Waals surface area contributed by atoms with E-state index >= 15 is 0 Å². The number of hydrogen-bond donors (Lipinski definition) is 0. The number of benzene rings is 1. The molecule has 0 amide bonds. The van der Waals surface area contributed by atoms with Crippen LogP contribution in [0.4, 0.5) is 0 Å². The number of rotatable bonds is 3. The van der Waals surface area contributed by atoms with Gasteiger partial charge in [-0.2, -0.15) is 0 Å². The minimum absolute atomic E-state index is 0.180. The second-order valence-electron chi connectivity index (χ2n) is 3.50. The van der Waals surface area contributed by atoms with Crippen molar-refractivity contribution in [1.82, 2.24) is 4.57 Å². The lowest BCUT2D eigenvalue weighted by Gasteiger charge is -2.04. The summed E-state index contributed by atoms with van der Waals surface area (Å²) in [5.41, 5.74) is 1.87. The van der Waals surface area contributed by atoms with Crippen LogP contribution >= 0.6 is 22.9 Å². The monoisotopic (exact) mass is 267 g/mol. The molecule has 1 heterocycles. The number of aldehydes is 1. The van der Waals surface area contributed by atoms with Crippen molar-refractivity contribution in [3.63, 3.8) is 0 Å². The van der Waals surface area contributed by atoms with Gasteiger partial charge in [-0.1, -0.05) is 42.0 Å². The van der Waals surface area contributed by atoms with Gasteiger partial charge in [-0.25, -0.2) is 0 Å². The van der Waals surface area contributed by atoms with Gasteiger partial charge in [-0.15, -0.1) is 0 Å². The van der Waals surface area contributed by atoms with Crippen LogP contribution in [0.25, 0.3) is 5.69 Å². The highest BCUT2D eigenvalue weighted by atomic mass is 35.5. The highest BCUT2D eigenvalue weighted by Crippen LogP contribution is 2.21. The summed E-state index contributed by atoms with van der Waals surface area (Å²) in [6.07, 6.45) is 1.54.